The first-order valence-electron chi connectivity index (χ1n) is 19.0. The van der Waals surface area contributed by atoms with Crippen LogP contribution in [0.2, 0.25) is 0 Å². The molecule has 0 atom stereocenters. The molecule has 0 saturated heterocycles. The summed E-state index contributed by atoms with van der Waals surface area (Å²) in [5.74, 6) is 0. The predicted octanol–water partition coefficient (Wildman–Crippen LogP) is 5.54. The van der Waals surface area contributed by atoms with E-state index >= 15 is 0 Å². The molecule has 0 heterocycles. The highest BCUT2D eigenvalue weighted by Crippen LogP contribution is 2.27. The second kappa shape index (κ2) is 30.4. The second-order valence-corrected chi connectivity index (χ2v) is 15.8. The van der Waals surface area contributed by atoms with Gasteiger partial charge in [-0.25, -0.2) is 16.8 Å². The van der Waals surface area contributed by atoms with Gasteiger partial charge in [0.05, 0.1) is 60.4 Å². The zero-order valence-corrected chi connectivity index (χ0v) is 33.2. The lowest BCUT2D eigenvalue weighted by molar-refractivity contribution is -0.901. The number of hydrogen-bond acceptors (Lipinski definition) is 8. The van der Waals surface area contributed by atoms with Crippen LogP contribution in [0.15, 0.2) is 21.9 Å². The number of hydrogen-bond donors (Lipinski definition) is 4. The predicted molar refractivity (Wildman–Crippen MR) is 199 cm³/mol. The minimum Gasteiger partial charge on any atom is -0.744 e. The number of quaternary nitrogens is 2. The van der Waals surface area contributed by atoms with E-state index in [4.69, 9.17) is 11.5 Å². The van der Waals surface area contributed by atoms with E-state index in [1.165, 1.54) is 155 Å². The Balaban J connectivity index is 0. The Morgan fingerprint density at radius 3 is 0.812 bits per heavy atom. The average molecular weight is 723 g/mol. The van der Waals surface area contributed by atoms with E-state index in [0.717, 1.165) is 6.07 Å². The van der Waals surface area contributed by atoms with Crippen LogP contribution >= 0.6 is 0 Å². The lowest BCUT2D eigenvalue weighted by Gasteiger charge is -2.19. The first kappa shape index (κ1) is 48.7. The largest absolute Gasteiger partial charge is 0.744 e. The molecule has 0 bridgehead atoms. The number of nitrogen functional groups attached to an aromatic ring is 2. The van der Waals surface area contributed by atoms with E-state index in [9.17, 15) is 25.9 Å². The molecule has 48 heavy (non-hydrogen) atoms. The van der Waals surface area contributed by atoms with Gasteiger partial charge in [0.1, 0.15) is 20.2 Å². The Morgan fingerprint density at radius 1 is 0.438 bits per heavy atom. The number of anilines is 2. The van der Waals surface area contributed by atoms with Gasteiger partial charge >= 0.3 is 0 Å². The van der Waals surface area contributed by atoms with Crippen molar-refractivity contribution < 1.29 is 35.7 Å². The summed E-state index contributed by atoms with van der Waals surface area (Å²) in [4.78, 5) is 1.76. The molecular weight excluding hydrogens is 649 g/mol. The third-order valence-electron chi connectivity index (χ3n) is 8.48. The van der Waals surface area contributed by atoms with Crippen molar-refractivity contribution in [3.63, 3.8) is 0 Å². The molecule has 0 spiro atoms. The van der Waals surface area contributed by atoms with Gasteiger partial charge in [0.15, 0.2) is 0 Å². The first-order valence-corrected chi connectivity index (χ1v) is 21.8. The molecule has 0 aromatic heterocycles. The van der Waals surface area contributed by atoms with E-state index in [1.54, 1.807) is 0 Å². The van der Waals surface area contributed by atoms with Crippen LogP contribution in [-0.4, -0.2) is 65.2 Å². The molecule has 0 saturated carbocycles. The molecule has 6 N–H and O–H groups in total. The maximum absolute atomic E-state index is 10.7. The summed E-state index contributed by atoms with van der Waals surface area (Å²) in [5.41, 5.74) is 9.30. The molecule has 0 radical (unpaired) electrons. The summed E-state index contributed by atoms with van der Waals surface area (Å²) >= 11 is 0. The van der Waals surface area contributed by atoms with Crippen molar-refractivity contribution in [2.45, 2.75) is 167 Å². The van der Waals surface area contributed by atoms with Gasteiger partial charge in [-0.15, -0.1) is 0 Å². The van der Waals surface area contributed by atoms with Crippen LogP contribution < -0.4 is 21.3 Å². The number of benzene rings is 1. The number of nitrogens with one attached hydrogen (secondary N) is 2. The van der Waals surface area contributed by atoms with Crippen LogP contribution in [0.4, 0.5) is 11.4 Å². The first-order chi connectivity index (χ1) is 22.7. The van der Waals surface area contributed by atoms with Crippen LogP contribution in [-0.2, 0) is 20.2 Å². The number of nitrogens with two attached hydrogens (primary N) is 2. The smallest absolute Gasteiger partial charge is 0.126 e. The summed E-state index contributed by atoms with van der Waals surface area (Å²) in [7, 11) is -9.93. The Kier molecular flexibility index (Phi) is 30.8. The summed E-state index contributed by atoms with van der Waals surface area (Å²) in [6, 6.07) is 1.09. The monoisotopic (exact) mass is 723 g/mol. The van der Waals surface area contributed by atoms with Crippen molar-refractivity contribution in [2.75, 3.05) is 50.7 Å². The van der Waals surface area contributed by atoms with E-state index in [0.29, 0.717) is 6.07 Å². The molecule has 12 heteroatoms. The SMILES string of the molecule is CCCCC[NH+](CCCCC)CCCCC.CCCCC[NH+](CCCCC)CCCCC.Nc1cc(N)c(S(=O)(=O)[O-])cc1S(=O)(=O)[O-]. The topological polar surface area (TPSA) is 175 Å². The van der Waals surface area contributed by atoms with E-state index < -0.39 is 41.4 Å². The molecule has 0 amide bonds. The third kappa shape index (κ3) is 26.4. The van der Waals surface area contributed by atoms with Gasteiger partial charge in [-0.2, -0.15) is 0 Å². The van der Waals surface area contributed by atoms with Crippen LogP contribution in [0.5, 0.6) is 0 Å². The van der Waals surface area contributed by atoms with Crippen LogP contribution in [0.25, 0.3) is 0 Å². The van der Waals surface area contributed by atoms with Crippen LogP contribution in [0.1, 0.15) is 157 Å². The molecule has 286 valence electrons. The van der Waals surface area contributed by atoms with Gasteiger partial charge in [0, 0.05) is 0 Å². The molecule has 0 unspecified atom stereocenters. The van der Waals surface area contributed by atoms with Crippen LogP contribution in [0, 0.1) is 0 Å². The Bertz CT molecular complexity index is 987. The van der Waals surface area contributed by atoms with E-state index in [2.05, 4.69) is 41.5 Å². The van der Waals surface area contributed by atoms with Crippen molar-refractivity contribution in [3.05, 3.63) is 12.1 Å². The van der Waals surface area contributed by atoms with Crippen LogP contribution in [0.3, 0.4) is 0 Å². The molecular formula is C36H74N4O6S2. The minimum atomic E-state index is -4.97. The van der Waals surface area contributed by atoms with Crippen molar-refractivity contribution in [2.24, 2.45) is 0 Å². The highest BCUT2D eigenvalue weighted by molar-refractivity contribution is 7.86. The molecule has 1 aromatic rings. The molecule has 0 aliphatic heterocycles. The fraction of sp³-hybridized carbons (Fsp3) is 0.833. The number of rotatable bonds is 26. The fourth-order valence-electron chi connectivity index (χ4n) is 5.53. The van der Waals surface area contributed by atoms with Gasteiger partial charge < -0.3 is 30.4 Å². The van der Waals surface area contributed by atoms with Crippen molar-refractivity contribution in [1.29, 1.82) is 0 Å². The maximum Gasteiger partial charge on any atom is 0.126 e. The second-order valence-electron chi connectivity index (χ2n) is 13.1. The van der Waals surface area contributed by atoms with Crippen molar-refractivity contribution >= 4 is 31.6 Å². The third-order valence-corrected chi connectivity index (χ3v) is 10.3. The van der Waals surface area contributed by atoms with Gasteiger partial charge in [-0.05, 0) is 89.2 Å². The lowest BCUT2D eigenvalue weighted by Crippen LogP contribution is -3.12. The molecule has 0 fully saturated rings. The molecule has 10 nitrogen and oxygen atoms in total. The van der Waals surface area contributed by atoms with Crippen molar-refractivity contribution in [1.82, 2.24) is 0 Å². The van der Waals surface area contributed by atoms with Gasteiger partial charge in [0.2, 0.25) is 0 Å². The quantitative estimate of drug-likeness (QED) is 0.0548. The summed E-state index contributed by atoms with van der Waals surface area (Å²) in [5, 5.41) is 0. The highest BCUT2D eigenvalue weighted by Gasteiger charge is 2.15. The molecule has 0 aliphatic rings. The molecule has 1 aromatic carbocycles. The fourth-order valence-corrected chi connectivity index (χ4v) is 6.82. The van der Waals surface area contributed by atoms with E-state index in [-0.39, 0.29) is 0 Å². The molecule has 1 rings (SSSR count). The molecule has 0 aliphatic carbocycles. The maximum atomic E-state index is 10.7. The zero-order valence-electron chi connectivity index (χ0n) is 31.5. The lowest BCUT2D eigenvalue weighted by atomic mass is 10.2. The highest BCUT2D eigenvalue weighted by atomic mass is 32.2. The summed E-state index contributed by atoms with van der Waals surface area (Å²) in [6.45, 7) is 22.3. The normalized spacial score (nSPS) is 11.7. The van der Waals surface area contributed by atoms with Gasteiger partial charge in [-0.1, -0.05) is 80.1 Å². The Labute approximate surface area is 296 Å². The minimum absolute atomic E-state index is 0.356. The average Bonchev–Trinajstić information content (AvgIpc) is 3.00. The van der Waals surface area contributed by atoms with Gasteiger partial charge in [-0.3, -0.25) is 0 Å². The van der Waals surface area contributed by atoms with Gasteiger partial charge in [0.25, 0.3) is 0 Å². The Hall–Kier alpha value is -1.44. The van der Waals surface area contributed by atoms with Crippen molar-refractivity contribution in [3.8, 4) is 0 Å². The summed E-state index contributed by atoms with van der Waals surface area (Å²) < 4.78 is 64.0. The Morgan fingerprint density at radius 2 is 0.646 bits per heavy atom. The summed E-state index contributed by atoms with van der Waals surface area (Å²) in [6.07, 6.45) is 25.3. The number of unbranched alkanes of at least 4 members (excludes halogenated alkanes) is 12. The standard InChI is InChI=1S/2C15H33N.C6H8N2O6S2/c2*1-4-7-10-13-16(14-11-8-5-2)15-12-9-6-3;7-3-1-4(8)6(16(12,13)14)2-5(3)15(9,10)11/h2*4-15H2,1-3H3;1-2H,7-8H2,(H,9,10,11)(H,12,13,14). The zero-order chi connectivity index (χ0) is 36.8. The van der Waals surface area contributed by atoms with E-state index in [1.807, 2.05) is 9.80 Å².